The third kappa shape index (κ3) is 2.23. The average Bonchev–Trinajstić information content (AvgIpc) is 2.11. The quantitative estimate of drug-likeness (QED) is 0.906. The van der Waals surface area contributed by atoms with Crippen molar-refractivity contribution in [1.29, 1.82) is 0 Å². The van der Waals surface area contributed by atoms with Crippen molar-refractivity contribution in [3.63, 3.8) is 0 Å². The van der Waals surface area contributed by atoms with E-state index in [9.17, 15) is 9.18 Å². The van der Waals surface area contributed by atoms with Gasteiger partial charge in [-0.2, -0.15) is 0 Å². The van der Waals surface area contributed by atoms with E-state index >= 15 is 0 Å². The first-order valence-corrected chi connectivity index (χ1v) is 4.77. The number of rotatable bonds is 3. The van der Waals surface area contributed by atoms with Crippen molar-refractivity contribution in [3.05, 3.63) is 28.0 Å². The van der Waals surface area contributed by atoms with Crippen molar-refractivity contribution in [2.24, 2.45) is 5.73 Å². The summed E-state index contributed by atoms with van der Waals surface area (Å²) in [4.78, 5) is 10.9. The van der Waals surface area contributed by atoms with Crippen molar-refractivity contribution < 1.29 is 13.9 Å². The first-order chi connectivity index (χ1) is 6.56. The van der Waals surface area contributed by atoms with E-state index in [1.165, 1.54) is 6.07 Å². The topological polar surface area (TPSA) is 52.3 Å². The van der Waals surface area contributed by atoms with Gasteiger partial charge in [-0.25, -0.2) is 4.39 Å². The minimum atomic E-state index is -0.708. The number of carbonyl (C=O) groups excluding carboxylic acids is 1. The number of halogens is 2. The lowest BCUT2D eigenvalue weighted by Gasteiger charge is -2.08. The van der Waals surface area contributed by atoms with Crippen molar-refractivity contribution >= 4 is 21.8 Å². The van der Waals surface area contributed by atoms with Gasteiger partial charge in [0.2, 0.25) is 0 Å². The number of amides is 1. The summed E-state index contributed by atoms with van der Waals surface area (Å²) in [6.45, 7) is 2.15. The van der Waals surface area contributed by atoms with Crippen LogP contribution in [0, 0.1) is 5.82 Å². The number of hydrogen-bond acceptors (Lipinski definition) is 2. The zero-order valence-corrected chi connectivity index (χ0v) is 9.10. The maximum Gasteiger partial charge on any atom is 0.252 e. The van der Waals surface area contributed by atoms with Crippen molar-refractivity contribution in [1.82, 2.24) is 0 Å². The summed E-state index contributed by atoms with van der Waals surface area (Å²) in [5, 5.41) is 0. The predicted molar refractivity (Wildman–Crippen MR) is 53.8 cm³/mol. The van der Waals surface area contributed by atoms with E-state index in [-0.39, 0.29) is 15.8 Å². The van der Waals surface area contributed by atoms with Gasteiger partial charge in [0.1, 0.15) is 11.6 Å². The van der Waals surface area contributed by atoms with Crippen LogP contribution < -0.4 is 10.5 Å². The van der Waals surface area contributed by atoms with Crippen molar-refractivity contribution in [2.75, 3.05) is 6.61 Å². The molecule has 1 aromatic rings. The Bertz CT molecular complexity index is 368. The Morgan fingerprint density at radius 2 is 2.29 bits per heavy atom. The molecule has 0 radical (unpaired) electrons. The summed E-state index contributed by atoms with van der Waals surface area (Å²) in [7, 11) is 0. The normalized spacial score (nSPS) is 9.93. The van der Waals surface area contributed by atoms with E-state index in [2.05, 4.69) is 15.9 Å². The number of hydrogen-bond donors (Lipinski definition) is 1. The standard InChI is InChI=1S/C9H9BrFNO2/c1-2-14-8-4-6(10)7(11)3-5(8)9(12)13/h3-4H,2H2,1H3,(H2,12,13). The second-order valence-electron chi connectivity index (χ2n) is 2.56. The first kappa shape index (κ1) is 11.0. The van der Waals surface area contributed by atoms with E-state index < -0.39 is 11.7 Å². The second kappa shape index (κ2) is 4.41. The molecular weight excluding hydrogens is 253 g/mol. The molecule has 0 unspecified atom stereocenters. The Hall–Kier alpha value is -1.10. The Balaban J connectivity index is 3.24. The lowest BCUT2D eigenvalue weighted by atomic mass is 10.2. The maximum absolute atomic E-state index is 13.0. The molecule has 5 heteroatoms. The molecule has 0 aliphatic rings. The van der Waals surface area contributed by atoms with E-state index in [4.69, 9.17) is 10.5 Å². The van der Waals surface area contributed by atoms with Crippen LogP contribution in [0.5, 0.6) is 5.75 Å². The molecule has 3 nitrogen and oxygen atoms in total. The van der Waals surface area contributed by atoms with Crippen LogP contribution >= 0.6 is 15.9 Å². The van der Waals surface area contributed by atoms with E-state index in [1.807, 2.05) is 0 Å². The highest BCUT2D eigenvalue weighted by Crippen LogP contribution is 2.26. The van der Waals surface area contributed by atoms with Crippen LogP contribution in [0.25, 0.3) is 0 Å². The molecule has 0 saturated carbocycles. The number of primary amides is 1. The summed E-state index contributed by atoms with van der Waals surface area (Å²) in [5.74, 6) is -0.963. The third-order valence-electron chi connectivity index (χ3n) is 1.59. The Morgan fingerprint density at radius 3 is 2.79 bits per heavy atom. The van der Waals surface area contributed by atoms with E-state index in [0.29, 0.717) is 6.61 Å². The molecule has 0 aliphatic carbocycles. The van der Waals surface area contributed by atoms with Crippen LogP contribution in [0.2, 0.25) is 0 Å². The largest absolute Gasteiger partial charge is 0.493 e. The zero-order valence-electron chi connectivity index (χ0n) is 7.51. The minimum Gasteiger partial charge on any atom is -0.493 e. The van der Waals surface area contributed by atoms with Gasteiger partial charge >= 0.3 is 0 Å². The molecule has 0 bridgehead atoms. The molecule has 1 aromatic carbocycles. The number of benzene rings is 1. The van der Waals surface area contributed by atoms with Gasteiger partial charge in [-0.3, -0.25) is 4.79 Å². The zero-order chi connectivity index (χ0) is 10.7. The molecule has 0 aliphatic heterocycles. The highest BCUT2D eigenvalue weighted by Gasteiger charge is 2.13. The fraction of sp³-hybridized carbons (Fsp3) is 0.222. The van der Waals surface area contributed by atoms with Gasteiger partial charge in [-0.05, 0) is 35.0 Å². The minimum absolute atomic E-state index is 0.0487. The van der Waals surface area contributed by atoms with Crippen LogP contribution in [0.3, 0.4) is 0 Å². The van der Waals surface area contributed by atoms with E-state index in [0.717, 1.165) is 6.07 Å². The molecule has 0 fully saturated rings. The summed E-state index contributed by atoms with van der Waals surface area (Å²) >= 11 is 2.99. The molecule has 1 rings (SSSR count). The van der Waals surface area contributed by atoms with E-state index in [1.54, 1.807) is 6.92 Å². The van der Waals surface area contributed by atoms with Gasteiger partial charge in [0.25, 0.3) is 5.91 Å². The van der Waals surface area contributed by atoms with Crippen molar-refractivity contribution in [3.8, 4) is 5.75 Å². The predicted octanol–water partition coefficient (Wildman–Crippen LogP) is 2.09. The molecule has 0 heterocycles. The molecule has 0 aromatic heterocycles. The lowest BCUT2D eigenvalue weighted by molar-refractivity contribution is 0.0996. The highest BCUT2D eigenvalue weighted by atomic mass is 79.9. The van der Waals surface area contributed by atoms with Crippen LogP contribution in [-0.2, 0) is 0 Å². The fourth-order valence-electron chi connectivity index (χ4n) is 0.996. The lowest BCUT2D eigenvalue weighted by Crippen LogP contribution is -2.13. The first-order valence-electron chi connectivity index (χ1n) is 3.98. The summed E-state index contributed by atoms with van der Waals surface area (Å²) in [5.41, 5.74) is 5.11. The molecule has 14 heavy (non-hydrogen) atoms. The molecular formula is C9H9BrFNO2. The second-order valence-corrected chi connectivity index (χ2v) is 3.41. The SMILES string of the molecule is CCOc1cc(Br)c(F)cc1C(N)=O. The van der Waals surface area contributed by atoms with Gasteiger partial charge in [0, 0.05) is 0 Å². The summed E-state index contributed by atoms with van der Waals surface area (Å²) in [6.07, 6.45) is 0. The van der Waals surface area contributed by atoms with Gasteiger partial charge < -0.3 is 10.5 Å². The Kier molecular flexibility index (Phi) is 3.46. The van der Waals surface area contributed by atoms with Crippen LogP contribution in [-0.4, -0.2) is 12.5 Å². The Morgan fingerprint density at radius 1 is 1.64 bits per heavy atom. The van der Waals surface area contributed by atoms with Gasteiger partial charge in [-0.1, -0.05) is 0 Å². The van der Waals surface area contributed by atoms with Crippen LogP contribution in [0.15, 0.2) is 16.6 Å². The Labute approximate surface area is 89.2 Å². The fourth-order valence-corrected chi connectivity index (χ4v) is 1.32. The molecule has 0 atom stereocenters. The van der Waals surface area contributed by atoms with Crippen LogP contribution in [0.4, 0.5) is 4.39 Å². The monoisotopic (exact) mass is 261 g/mol. The smallest absolute Gasteiger partial charge is 0.252 e. The molecule has 2 N–H and O–H groups in total. The van der Waals surface area contributed by atoms with Crippen LogP contribution in [0.1, 0.15) is 17.3 Å². The summed E-state index contributed by atoms with van der Waals surface area (Å²) < 4.78 is 18.4. The molecule has 0 saturated heterocycles. The molecule has 1 amide bonds. The average molecular weight is 262 g/mol. The van der Waals surface area contributed by atoms with Gasteiger partial charge in [0.15, 0.2) is 0 Å². The van der Waals surface area contributed by atoms with Gasteiger partial charge in [-0.15, -0.1) is 0 Å². The third-order valence-corrected chi connectivity index (χ3v) is 2.20. The number of nitrogens with two attached hydrogens (primary N) is 1. The maximum atomic E-state index is 13.0. The van der Waals surface area contributed by atoms with Gasteiger partial charge in [0.05, 0.1) is 16.6 Å². The molecule has 0 spiro atoms. The number of carbonyl (C=O) groups is 1. The summed E-state index contributed by atoms with van der Waals surface area (Å²) in [6, 6.07) is 2.44. The molecule has 76 valence electrons. The van der Waals surface area contributed by atoms with Crippen molar-refractivity contribution in [2.45, 2.75) is 6.92 Å². The number of ether oxygens (including phenoxy) is 1. The highest BCUT2D eigenvalue weighted by molar-refractivity contribution is 9.10.